The average Bonchev–Trinajstić information content (AvgIpc) is 2.63. The SMILES string of the molecule is O=C(CC1COCCN1C(=O)c1ccncc1Cl)c1ccccc1. The molecule has 1 amide bonds. The molecule has 1 unspecified atom stereocenters. The Kier molecular flexibility index (Phi) is 5.23. The summed E-state index contributed by atoms with van der Waals surface area (Å²) in [5.41, 5.74) is 1.03. The second-order valence-electron chi connectivity index (χ2n) is 5.58. The highest BCUT2D eigenvalue weighted by Crippen LogP contribution is 2.21. The maximum atomic E-state index is 12.8. The van der Waals surface area contributed by atoms with E-state index >= 15 is 0 Å². The fourth-order valence-corrected chi connectivity index (χ4v) is 2.95. The highest BCUT2D eigenvalue weighted by atomic mass is 35.5. The van der Waals surface area contributed by atoms with Gasteiger partial charge in [0.25, 0.3) is 5.91 Å². The van der Waals surface area contributed by atoms with Crippen LogP contribution in [0.25, 0.3) is 0 Å². The number of halogens is 1. The molecular weight excluding hydrogens is 328 g/mol. The highest BCUT2D eigenvalue weighted by molar-refractivity contribution is 6.33. The zero-order chi connectivity index (χ0) is 16.9. The van der Waals surface area contributed by atoms with Crippen LogP contribution in [0.4, 0.5) is 0 Å². The van der Waals surface area contributed by atoms with E-state index in [4.69, 9.17) is 16.3 Å². The third-order valence-corrected chi connectivity index (χ3v) is 4.31. The molecule has 0 bridgehead atoms. The molecule has 1 aromatic heterocycles. The molecule has 1 saturated heterocycles. The van der Waals surface area contributed by atoms with Crippen molar-refractivity contribution in [3.63, 3.8) is 0 Å². The predicted molar refractivity (Wildman–Crippen MR) is 90.3 cm³/mol. The Bertz CT molecular complexity index is 736. The van der Waals surface area contributed by atoms with Crippen molar-refractivity contribution in [3.8, 4) is 0 Å². The van der Waals surface area contributed by atoms with Gasteiger partial charge in [-0.2, -0.15) is 0 Å². The molecule has 0 N–H and O–H groups in total. The van der Waals surface area contributed by atoms with Crippen LogP contribution in [0, 0.1) is 0 Å². The molecule has 0 spiro atoms. The summed E-state index contributed by atoms with van der Waals surface area (Å²) in [5, 5.41) is 0.308. The first-order chi connectivity index (χ1) is 11.7. The minimum atomic E-state index is -0.303. The number of Topliss-reactive ketones (excluding diaryl/α,β-unsaturated/α-hetero) is 1. The van der Waals surface area contributed by atoms with Crippen molar-refractivity contribution in [2.45, 2.75) is 12.5 Å². The summed E-state index contributed by atoms with van der Waals surface area (Å²) in [7, 11) is 0. The van der Waals surface area contributed by atoms with Crippen molar-refractivity contribution in [1.29, 1.82) is 0 Å². The molecule has 1 aliphatic rings. The number of pyridine rings is 1. The van der Waals surface area contributed by atoms with Crippen LogP contribution in [0.5, 0.6) is 0 Å². The lowest BCUT2D eigenvalue weighted by molar-refractivity contribution is -0.00280. The van der Waals surface area contributed by atoms with Crippen LogP contribution in [0.1, 0.15) is 27.1 Å². The quantitative estimate of drug-likeness (QED) is 0.800. The Hall–Kier alpha value is -2.24. The summed E-state index contributed by atoms with van der Waals surface area (Å²) in [4.78, 5) is 30.8. The molecule has 1 fully saturated rings. The van der Waals surface area contributed by atoms with Gasteiger partial charge in [-0.05, 0) is 6.07 Å². The van der Waals surface area contributed by atoms with Crippen LogP contribution in [-0.2, 0) is 4.74 Å². The summed E-state index contributed by atoms with van der Waals surface area (Å²) in [6.07, 6.45) is 3.20. The van der Waals surface area contributed by atoms with E-state index in [2.05, 4.69) is 4.98 Å². The van der Waals surface area contributed by atoms with E-state index in [9.17, 15) is 9.59 Å². The molecule has 5 nitrogen and oxygen atoms in total. The van der Waals surface area contributed by atoms with Gasteiger partial charge >= 0.3 is 0 Å². The lowest BCUT2D eigenvalue weighted by atomic mass is 10.0. The van der Waals surface area contributed by atoms with Gasteiger partial charge in [-0.3, -0.25) is 14.6 Å². The van der Waals surface area contributed by atoms with Crippen molar-refractivity contribution in [3.05, 3.63) is 64.9 Å². The van der Waals surface area contributed by atoms with Gasteiger partial charge in [0.1, 0.15) is 0 Å². The summed E-state index contributed by atoms with van der Waals surface area (Å²) in [6.45, 7) is 1.22. The lowest BCUT2D eigenvalue weighted by Crippen LogP contribution is -2.49. The number of ketones is 1. The maximum Gasteiger partial charge on any atom is 0.255 e. The van der Waals surface area contributed by atoms with Crippen LogP contribution in [-0.4, -0.2) is 47.4 Å². The van der Waals surface area contributed by atoms with Crippen LogP contribution < -0.4 is 0 Å². The Balaban J connectivity index is 1.77. The number of ether oxygens (including phenoxy) is 1. The molecule has 1 aromatic carbocycles. The van der Waals surface area contributed by atoms with Crippen molar-refractivity contribution in [2.75, 3.05) is 19.8 Å². The average molecular weight is 345 g/mol. The molecule has 0 aliphatic carbocycles. The van der Waals surface area contributed by atoms with Crippen molar-refractivity contribution in [1.82, 2.24) is 9.88 Å². The van der Waals surface area contributed by atoms with E-state index in [0.29, 0.717) is 35.9 Å². The van der Waals surface area contributed by atoms with Crippen LogP contribution in [0.3, 0.4) is 0 Å². The van der Waals surface area contributed by atoms with Gasteiger partial charge in [-0.15, -0.1) is 0 Å². The first-order valence-electron chi connectivity index (χ1n) is 7.73. The molecule has 1 aliphatic heterocycles. The number of benzene rings is 1. The van der Waals surface area contributed by atoms with Gasteiger partial charge < -0.3 is 9.64 Å². The van der Waals surface area contributed by atoms with Crippen molar-refractivity contribution >= 4 is 23.3 Å². The monoisotopic (exact) mass is 344 g/mol. The smallest absolute Gasteiger partial charge is 0.255 e. The summed E-state index contributed by atoms with van der Waals surface area (Å²) in [5.74, 6) is -0.207. The first kappa shape index (κ1) is 16.6. The van der Waals surface area contributed by atoms with Gasteiger partial charge in [-0.1, -0.05) is 41.9 Å². The fourth-order valence-electron chi connectivity index (χ4n) is 2.75. The fraction of sp³-hybridized carbons (Fsp3) is 0.278. The molecular formula is C18H17ClN2O3. The predicted octanol–water partition coefficient (Wildman–Crippen LogP) is 2.85. The number of hydrogen-bond donors (Lipinski definition) is 0. The molecule has 2 aromatic rings. The Labute approximate surface area is 145 Å². The molecule has 24 heavy (non-hydrogen) atoms. The molecule has 2 heterocycles. The van der Waals surface area contributed by atoms with E-state index in [1.165, 1.54) is 12.4 Å². The topological polar surface area (TPSA) is 59.5 Å². The van der Waals surface area contributed by atoms with Crippen molar-refractivity contribution < 1.29 is 14.3 Å². The third-order valence-electron chi connectivity index (χ3n) is 4.01. The molecule has 1 atom stereocenters. The Morgan fingerprint density at radius 2 is 2.04 bits per heavy atom. The third kappa shape index (κ3) is 3.63. The van der Waals surface area contributed by atoms with E-state index in [-0.39, 0.29) is 24.2 Å². The molecule has 124 valence electrons. The molecule has 3 rings (SSSR count). The number of nitrogens with zero attached hydrogens (tertiary/aromatic N) is 2. The molecule has 0 radical (unpaired) electrons. The lowest BCUT2D eigenvalue weighted by Gasteiger charge is -2.35. The number of rotatable bonds is 4. The van der Waals surface area contributed by atoms with E-state index < -0.39 is 0 Å². The van der Waals surface area contributed by atoms with Gasteiger partial charge in [0.05, 0.1) is 29.8 Å². The minimum Gasteiger partial charge on any atom is -0.377 e. The number of carbonyl (C=O) groups excluding carboxylic acids is 2. The second-order valence-corrected chi connectivity index (χ2v) is 5.98. The number of aromatic nitrogens is 1. The Morgan fingerprint density at radius 3 is 2.79 bits per heavy atom. The first-order valence-corrected chi connectivity index (χ1v) is 8.11. The Morgan fingerprint density at radius 1 is 1.25 bits per heavy atom. The zero-order valence-electron chi connectivity index (χ0n) is 13.0. The standard InChI is InChI=1S/C18H17ClN2O3/c19-16-11-20-7-6-15(16)18(23)21-8-9-24-12-14(21)10-17(22)13-4-2-1-3-5-13/h1-7,11,14H,8-10,12H2. The summed E-state index contributed by atoms with van der Waals surface area (Å²) in [6, 6.07) is 10.4. The molecule has 0 saturated carbocycles. The zero-order valence-corrected chi connectivity index (χ0v) is 13.8. The van der Waals surface area contributed by atoms with Gasteiger partial charge in [0.15, 0.2) is 5.78 Å². The number of morpholine rings is 1. The van der Waals surface area contributed by atoms with Crippen LogP contribution in [0.2, 0.25) is 5.02 Å². The number of hydrogen-bond acceptors (Lipinski definition) is 4. The van der Waals surface area contributed by atoms with E-state index in [1.54, 1.807) is 23.1 Å². The van der Waals surface area contributed by atoms with Crippen molar-refractivity contribution in [2.24, 2.45) is 0 Å². The summed E-state index contributed by atoms with van der Waals surface area (Å²) < 4.78 is 5.47. The summed E-state index contributed by atoms with van der Waals surface area (Å²) >= 11 is 6.08. The number of carbonyl (C=O) groups is 2. The van der Waals surface area contributed by atoms with Crippen LogP contribution >= 0.6 is 11.6 Å². The van der Waals surface area contributed by atoms with Gasteiger partial charge in [-0.25, -0.2) is 0 Å². The van der Waals surface area contributed by atoms with E-state index in [1.807, 2.05) is 18.2 Å². The van der Waals surface area contributed by atoms with E-state index in [0.717, 1.165) is 0 Å². The second kappa shape index (κ2) is 7.55. The maximum absolute atomic E-state index is 12.8. The minimum absolute atomic E-state index is 0.00951. The van der Waals surface area contributed by atoms with Crippen LogP contribution in [0.15, 0.2) is 48.8 Å². The highest BCUT2D eigenvalue weighted by Gasteiger charge is 2.30. The molecule has 6 heteroatoms. The number of amides is 1. The van der Waals surface area contributed by atoms with Gasteiger partial charge in [0, 0.05) is 30.9 Å². The normalized spacial score (nSPS) is 17.5. The largest absolute Gasteiger partial charge is 0.377 e. The van der Waals surface area contributed by atoms with Gasteiger partial charge in [0.2, 0.25) is 0 Å².